The normalized spacial score (nSPS) is 11.7. The molecule has 0 atom stereocenters. The molecule has 2 aromatic rings. The van der Waals surface area contributed by atoms with Crippen LogP contribution in [0.3, 0.4) is 0 Å². The molecule has 0 radical (unpaired) electrons. The van der Waals surface area contributed by atoms with Gasteiger partial charge in [-0.1, -0.05) is 18.5 Å². The topological polar surface area (TPSA) is 53.8 Å². The fourth-order valence-electron chi connectivity index (χ4n) is 1.90. The van der Waals surface area contributed by atoms with Crippen molar-refractivity contribution in [3.05, 3.63) is 52.5 Å². The van der Waals surface area contributed by atoms with Gasteiger partial charge >= 0.3 is 6.18 Å². The predicted octanol–water partition coefficient (Wildman–Crippen LogP) is 5.30. The molecule has 134 valence electrons. The molecule has 0 aromatic heterocycles. The van der Waals surface area contributed by atoms with E-state index >= 15 is 0 Å². The van der Waals surface area contributed by atoms with Crippen molar-refractivity contribution in [1.82, 2.24) is 0 Å². The maximum absolute atomic E-state index is 12.7. The van der Waals surface area contributed by atoms with Crippen LogP contribution in [0, 0.1) is 0 Å². The van der Waals surface area contributed by atoms with Gasteiger partial charge in [0.25, 0.3) is 0 Å². The number of rotatable bonds is 6. The van der Waals surface area contributed by atoms with Crippen LogP contribution in [0.15, 0.2) is 41.5 Å². The Morgan fingerprint density at radius 3 is 2.64 bits per heavy atom. The largest absolute Gasteiger partial charge is 0.507 e. The van der Waals surface area contributed by atoms with Crippen molar-refractivity contribution in [2.75, 3.05) is 12.0 Å². The van der Waals surface area contributed by atoms with Gasteiger partial charge in [-0.05, 0) is 36.8 Å². The average molecular weight is 373 g/mol. The summed E-state index contributed by atoms with van der Waals surface area (Å²) in [6.45, 7) is 2.49. The number of nitrogens with one attached hydrogen (secondary N) is 1. The van der Waals surface area contributed by atoms with Gasteiger partial charge in [-0.2, -0.15) is 18.3 Å². The van der Waals surface area contributed by atoms with Gasteiger partial charge in [-0.25, -0.2) is 0 Å². The number of phenols is 1. The molecule has 4 nitrogen and oxygen atoms in total. The molecule has 0 unspecified atom stereocenters. The van der Waals surface area contributed by atoms with Gasteiger partial charge in [0.2, 0.25) is 0 Å². The number of hydrazone groups is 1. The molecule has 0 aliphatic carbocycles. The van der Waals surface area contributed by atoms with Gasteiger partial charge in [0.1, 0.15) is 11.5 Å². The second-order valence-corrected chi connectivity index (χ2v) is 5.54. The van der Waals surface area contributed by atoms with Gasteiger partial charge in [0.15, 0.2) is 0 Å². The van der Waals surface area contributed by atoms with Crippen LogP contribution in [-0.2, 0) is 6.18 Å². The molecule has 2 N–H and O–H groups in total. The fraction of sp³-hybridized carbons (Fsp3) is 0.235. The highest BCUT2D eigenvalue weighted by Crippen LogP contribution is 2.33. The number of phenolic OH excluding ortho intramolecular Hbond substituents is 1. The van der Waals surface area contributed by atoms with Crippen molar-refractivity contribution >= 4 is 23.5 Å². The van der Waals surface area contributed by atoms with Gasteiger partial charge in [0.05, 0.1) is 29.1 Å². The third-order valence-electron chi connectivity index (χ3n) is 3.16. The Morgan fingerprint density at radius 2 is 2.00 bits per heavy atom. The zero-order valence-corrected chi connectivity index (χ0v) is 14.0. The Labute approximate surface area is 147 Å². The fourth-order valence-corrected chi connectivity index (χ4v) is 2.06. The molecule has 25 heavy (non-hydrogen) atoms. The number of aromatic hydroxyl groups is 1. The summed E-state index contributed by atoms with van der Waals surface area (Å²) in [6.07, 6.45) is -2.36. The van der Waals surface area contributed by atoms with Crippen LogP contribution < -0.4 is 10.2 Å². The third kappa shape index (κ3) is 5.29. The van der Waals surface area contributed by atoms with Gasteiger partial charge in [-0.15, -0.1) is 0 Å². The monoisotopic (exact) mass is 372 g/mol. The third-order valence-corrected chi connectivity index (χ3v) is 3.49. The molecule has 0 saturated carbocycles. The number of hydrogen-bond acceptors (Lipinski definition) is 4. The molecular weight excluding hydrogens is 357 g/mol. The second kappa shape index (κ2) is 8.11. The first-order chi connectivity index (χ1) is 11.8. The zero-order chi connectivity index (χ0) is 18.4. The Balaban J connectivity index is 2.11. The average Bonchev–Trinajstić information content (AvgIpc) is 2.55. The quantitative estimate of drug-likeness (QED) is 0.534. The van der Waals surface area contributed by atoms with Crippen LogP contribution in [0.2, 0.25) is 5.02 Å². The van der Waals surface area contributed by atoms with E-state index in [0.717, 1.165) is 24.6 Å². The van der Waals surface area contributed by atoms with Gasteiger partial charge in [-0.3, -0.25) is 5.43 Å². The molecule has 2 rings (SSSR count). The molecule has 0 amide bonds. The van der Waals surface area contributed by atoms with Gasteiger partial charge in [0, 0.05) is 11.6 Å². The molecule has 0 aliphatic heterocycles. The highest BCUT2D eigenvalue weighted by Gasteiger charge is 2.30. The Hall–Kier alpha value is -2.41. The number of alkyl halides is 3. The lowest BCUT2D eigenvalue weighted by atomic mass is 10.2. The first-order valence-corrected chi connectivity index (χ1v) is 7.80. The van der Waals surface area contributed by atoms with Crippen molar-refractivity contribution in [3.8, 4) is 11.5 Å². The maximum Gasteiger partial charge on any atom is 0.416 e. The molecule has 0 aliphatic rings. The van der Waals surface area contributed by atoms with E-state index in [2.05, 4.69) is 10.5 Å². The SMILES string of the molecule is CCCOc1ccc(C=NNc2cc(C(F)(F)F)ccc2Cl)c(O)c1. The number of benzene rings is 2. The van der Waals surface area contributed by atoms with E-state index in [4.69, 9.17) is 16.3 Å². The standard InChI is InChI=1S/C17H16ClF3N2O2/c1-2-7-25-13-5-3-11(16(24)9-13)10-22-23-15-8-12(17(19,20)21)4-6-14(15)18/h3-6,8-10,23-24H,2,7H2,1H3. The van der Waals surface area contributed by atoms with E-state index in [-0.39, 0.29) is 16.5 Å². The number of nitrogens with zero attached hydrogens (tertiary/aromatic N) is 1. The second-order valence-electron chi connectivity index (χ2n) is 5.13. The van der Waals surface area contributed by atoms with Crippen molar-refractivity contribution in [2.45, 2.75) is 19.5 Å². The summed E-state index contributed by atoms with van der Waals surface area (Å²) in [5, 5.41) is 13.8. The Bertz CT molecular complexity index is 764. The number of halogens is 4. The lowest BCUT2D eigenvalue weighted by molar-refractivity contribution is -0.137. The maximum atomic E-state index is 12.7. The van der Waals surface area contributed by atoms with Crippen molar-refractivity contribution in [3.63, 3.8) is 0 Å². The van der Waals surface area contributed by atoms with E-state index in [0.29, 0.717) is 17.9 Å². The first kappa shape index (κ1) is 18.9. The van der Waals surface area contributed by atoms with Crippen LogP contribution in [0.1, 0.15) is 24.5 Å². The smallest absolute Gasteiger partial charge is 0.416 e. The van der Waals surface area contributed by atoms with E-state index in [1.165, 1.54) is 12.3 Å². The Kier molecular flexibility index (Phi) is 6.14. The molecular formula is C17H16ClF3N2O2. The van der Waals surface area contributed by atoms with Crippen LogP contribution in [0.25, 0.3) is 0 Å². The summed E-state index contributed by atoms with van der Waals surface area (Å²) >= 11 is 5.86. The minimum Gasteiger partial charge on any atom is -0.507 e. The van der Waals surface area contributed by atoms with Crippen molar-refractivity contribution in [1.29, 1.82) is 0 Å². The number of hydrogen-bond donors (Lipinski definition) is 2. The summed E-state index contributed by atoms with van der Waals surface area (Å²) in [5.74, 6) is 0.458. The molecule has 0 fully saturated rings. The van der Waals surface area contributed by atoms with Crippen molar-refractivity contribution in [2.24, 2.45) is 5.10 Å². The molecule has 2 aromatic carbocycles. The molecule has 0 heterocycles. The molecule has 0 bridgehead atoms. The van der Waals surface area contributed by atoms with E-state index in [1.807, 2.05) is 6.92 Å². The van der Waals surface area contributed by atoms with E-state index in [1.54, 1.807) is 12.1 Å². The van der Waals surface area contributed by atoms with Crippen LogP contribution >= 0.6 is 11.6 Å². The van der Waals surface area contributed by atoms with E-state index < -0.39 is 11.7 Å². The zero-order valence-electron chi connectivity index (χ0n) is 13.3. The number of anilines is 1. The summed E-state index contributed by atoms with van der Waals surface area (Å²) in [7, 11) is 0. The van der Waals surface area contributed by atoms with E-state index in [9.17, 15) is 18.3 Å². The molecule has 8 heteroatoms. The molecule has 0 saturated heterocycles. The number of ether oxygens (including phenoxy) is 1. The lowest BCUT2D eigenvalue weighted by Gasteiger charge is -2.10. The highest BCUT2D eigenvalue weighted by atomic mass is 35.5. The van der Waals surface area contributed by atoms with Crippen LogP contribution in [-0.4, -0.2) is 17.9 Å². The summed E-state index contributed by atoms with van der Waals surface area (Å²) in [4.78, 5) is 0. The summed E-state index contributed by atoms with van der Waals surface area (Å²) in [6, 6.07) is 7.57. The molecule has 0 spiro atoms. The van der Waals surface area contributed by atoms with Crippen molar-refractivity contribution < 1.29 is 23.0 Å². The minimum absolute atomic E-state index is 0.00938. The van der Waals surface area contributed by atoms with Crippen LogP contribution in [0.5, 0.6) is 11.5 Å². The minimum atomic E-state index is -4.47. The summed E-state index contributed by atoms with van der Waals surface area (Å²) < 4.78 is 43.5. The predicted molar refractivity (Wildman–Crippen MR) is 91.6 cm³/mol. The van der Waals surface area contributed by atoms with Gasteiger partial charge < -0.3 is 9.84 Å². The summed E-state index contributed by atoms with van der Waals surface area (Å²) in [5.41, 5.74) is 1.99. The highest BCUT2D eigenvalue weighted by molar-refractivity contribution is 6.33. The lowest BCUT2D eigenvalue weighted by Crippen LogP contribution is -2.05. The first-order valence-electron chi connectivity index (χ1n) is 7.43. The Morgan fingerprint density at radius 1 is 1.24 bits per heavy atom. The van der Waals surface area contributed by atoms with Crippen LogP contribution in [0.4, 0.5) is 18.9 Å².